The predicted molar refractivity (Wildman–Crippen MR) is 182 cm³/mol. The van der Waals surface area contributed by atoms with Gasteiger partial charge in [0.1, 0.15) is 11.9 Å². The van der Waals surface area contributed by atoms with Crippen molar-refractivity contribution in [3.63, 3.8) is 0 Å². The van der Waals surface area contributed by atoms with Gasteiger partial charge in [0.05, 0.1) is 6.54 Å². The average Bonchev–Trinajstić information content (AvgIpc) is 3.19. The third-order valence-corrected chi connectivity index (χ3v) is 9.42. The van der Waals surface area contributed by atoms with Gasteiger partial charge in [-0.2, -0.15) is 0 Å². The first-order chi connectivity index (χ1) is 22.1. The van der Waals surface area contributed by atoms with Crippen LogP contribution in [0.4, 0.5) is 5.82 Å². The van der Waals surface area contributed by atoms with E-state index in [1.165, 1.54) is 70.6 Å². The number of rotatable bonds is 20. The molecule has 0 bridgehead atoms. The van der Waals surface area contributed by atoms with E-state index in [4.69, 9.17) is 4.74 Å². The molecule has 0 spiro atoms. The van der Waals surface area contributed by atoms with Crippen molar-refractivity contribution >= 4 is 11.8 Å². The number of hydrogen-bond acceptors (Lipinski definition) is 7. The zero-order valence-corrected chi connectivity index (χ0v) is 27.8. The van der Waals surface area contributed by atoms with Crippen LogP contribution < -0.4 is 4.90 Å². The van der Waals surface area contributed by atoms with E-state index >= 15 is 0 Å². The first-order valence-corrected chi connectivity index (χ1v) is 17.9. The molecule has 0 amide bonds. The summed E-state index contributed by atoms with van der Waals surface area (Å²) in [6, 6.07) is 6.00. The molecule has 1 unspecified atom stereocenters. The summed E-state index contributed by atoms with van der Waals surface area (Å²) in [6.45, 7) is 6.54. The Morgan fingerprint density at radius 1 is 0.800 bits per heavy atom. The zero-order valence-electron chi connectivity index (χ0n) is 27.8. The zero-order chi connectivity index (χ0) is 31.7. The van der Waals surface area contributed by atoms with Gasteiger partial charge in [-0.15, -0.1) is 0 Å². The van der Waals surface area contributed by atoms with E-state index in [-0.39, 0.29) is 24.3 Å². The first kappa shape index (κ1) is 34.9. The molecule has 2 aromatic heterocycles. The number of carbonyl (C=O) groups excluding carboxylic acids is 1. The molecule has 1 aliphatic carbocycles. The van der Waals surface area contributed by atoms with Crippen molar-refractivity contribution in [3.05, 3.63) is 47.7 Å². The van der Waals surface area contributed by atoms with Gasteiger partial charge in [0.2, 0.25) is 0 Å². The molecule has 0 radical (unpaired) electrons. The minimum atomic E-state index is -0.473. The quantitative estimate of drug-likeness (QED) is 0.0895. The molecule has 1 saturated heterocycles. The third kappa shape index (κ3) is 11.4. The summed E-state index contributed by atoms with van der Waals surface area (Å²) in [5.74, 6) is 0.968. The monoisotopic (exact) mass is 622 g/mol. The average molecular weight is 623 g/mol. The Hall–Kier alpha value is -3.00. The highest BCUT2D eigenvalue weighted by Gasteiger charge is 2.27. The summed E-state index contributed by atoms with van der Waals surface area (Å²) in [7, 11) is 0. The second-order valence-corrected chi connectivity index (χ2v) is 13.0. The molecular formula is C37H58N4O4. The molecular weight excluding hydrogens is 564 g/mol. The number of unbranched alkanes of at least 4 members (excludes halogenated alkanes) is 12. The highest BCUT2D eigenvalue weighted by atomic mass is 16.5. The number of esters is 1. The summed E-state index contributed by atoms with van der Waals surface area (Å²) in [6.07, 6.45) is 24.5. The van der Waals surface area contributed by atoms with Crippen molar-refractivity contribution < 1.29 is 19.7 Å². The number of aromatic nitrogens is 2. The molecule has 1 aliphatic heterocycles. The lowest BCUT2D eigenvalue weighted by atomic mass is 10.0. The molecule has 2 aliphatic rings. The number of fused-ring (bicyclic) bond motifs is 1. The van der Waals surface area contributed by atoms with Crippen LogP contribution >= 0.6 is 0 Å². The summed E-state index contributed by atoms with van der Waals surface area (Å²) in [5.41, 5.74) is 1.54. The number of carbonyl (C=O) groups is 1. The molecule has 250 valence electrons. The molecule has 45 heavy (non-hydrogen) atoms. The fourth-order valence-corrected chi connectivity index (χ4v) is 6.78. The number of hydrogen-bond donors (Lipinski definition) is 2. The van der Waals surface area contributed by atoms with Crippen molar-refractivity contribution in [2.45, 2.75) is 129 Å². The second kappa shape index (κ2) is 19.5. The first-order valence-electron chi connectivity index (χ1n) is 17.9. The van der Waals surface area contributed by atoms with Gasteiger partial charge < -0.3 is 19.8 Å². The van der Waals surface area contributed by atoms with Crippen molar-refractivity contribution in [3.8, 4) is 11.8 Å². The van der Waals surface area contributed by atoms with Gasteiger partial charge in [0.15, 0.2) is 11.8 Å². The number of allylic oxidation sites excluding steroid dienone is 2. The summed E-state index contributed by atoms with van der Waals surface area (Å²) < 4.78 is 7.63. The van der Waals surface area contributed by atoms with Crippen LogP contribution in [0.1, 0.15) is 114 Å². The van der Waals surface area contributed by atoms with E-state index < -0.39 is 6.10 Å². The molecule has 2 N–H and O–H groups in total. The highest BCUT2D eigenvalue weighted by molar-refractivity contribution is 5.69. The Morgan fingerprint density at radius 3 is 2.02 bits per heavy atom. The Bertz CT molecular complexity index is 1130. The van der Waals surface area contributed by atoms with Crippen LogP contribution in [-0.4, -0.2) is 69.5 Å². The van der Waals surface area contributed by atoms with Crippen molar-refractivity contribution in [1.82, 2.24) is 14.5 Å². The number of aromatic hydroxyl groups is 2. The largest absolute Gasteiger partial charge is 0.494 e. The molecule has 1 fully saturated rings. The number of anilines is 1. The molecule has 0 saturated carbocycles. The van der Waals surface area contributed by atoms with Gasteiger partial charge >= 0.3 is 5.97 Å². The fraction of sp³-hybridized carbons (Fsp3) is 0.676. The van der Waals surface area contributed by atoms with Crippen molar-refractivity contribution in [2.24, 2.45) is 0 Å². The molecule has 0 aromatic carbocycles. The molecule has 4 rings (SSSR count). The van der Waals surface area contributed by atoms with E-state index in [0.717, 1.165) is 62.4 Å². The van der Waals surface area contributed by atoms with Crippen LogP contribution in [0.2, 0.25) is 0 Å². The number of ether oxygens (including phenoxy) is 1. The smallest absolute Gasteiger partial charge is 0.306 e. The third-order valence-electron chi connectivity index (χ3n) is 9.42. The molecule has 3 heterocycles. The van der Waals surface area contributed by atoms with Crippen LogP contribution in [0, 0.1) is 0 Å². The standard InChI is InChI=1S/C37H58N4O4/c1-2-3-4-5-6-7-8-9-10-11-12-13-14-23-35(42)45-31(30-41-36(43)32-20-15-16-21-33(32)37(41)44)29-39-25-19-26-40(28-27-39)34-22-17-18-24-38-34/h15-18,22,24,31,43-44H,2-14,19-21,23,25-30H2,1H3. The number of nitrogens with zero attached hydrogens (tertiary/aromatic N) is 4. The van der Waals surface area contributed by atoms with Crippen LogP contribution in [-0.2, 0) is 28.9 Å². The van der Waals surface area contributed by atoms with E-state index in [0.29, 0.717) is 25.8 Å². The minimum absolute atomic E-state index is 0.0848. The van der Waals surface area contributed by atoms with Crippen LogP contribution in [0.5, 0.6) is 11.8 Å². The second-order valence-electron chi connectivity index (χ2n) is 13.0. The van der Waals surface area contributed by atoms with E-state index in [2.05, 4.69) is 21.7 Å². The van der Waals surface area contributed by atoms with Crippen LogP contribution in [0.3, 0.4) is 0 Å². The predicted octanol–water partition coefficient (Wildman–Crippen LogP) is 7.55. The Kier molecular flexibility index (Phi) is 15.1. The summed E-state index contributed by atoms with van der Waals surface area (Å²) >= 11 is 0. The van der Waals surface area contributed by atoms with Gasteiger partial charge in [-0.05, 0) is 37.8 Å². The normalized spacial score (nSPS) is 16.0. The maximum atomic E-state index is 13.1. The summed E-state index contributed by atoms with van der Waals surface area (Å²) in [4.78, 5) is 22.2. The van der Waals surface area contributed by atoms with E-state index in [1.54, 1.807) is 4.57 Å². The van der Waals surface area contributed by atoms with Gasteiger partial charge in [0.25, 0.3) is 0 Å². The molecule has 2 aromatic rings. The molecule has 1 atom stereocenters. The number of pyridine rings is 1. The van der Waals surface area contributed by atoms with Gasteiger partial charge in [-0.25, -0.2) is 4.98 Å². The minimum Gasteiger partial charge on any atom is -0.494 e. The Balaban J connectivity index is 1.23. The maximum Gasteiger partial charge on any atom is 0.306 e. The van der Waals surface area contributed by atoms with Gasteiger partial charge in [0, 0.05) is 56.5 Å². The lowest BCUT2D eigenvalue weighted by Gasteiger charge is -2.27. The topological polar surface area (TPSA) is 91.1 Å². The molecule has 8 nitrogen and oxygen atoms in total. The molecule has 8 heteroatoms. The highest BCUT2D eigenvalue weighted by Crippen LogP contribution is 2.37. The van der Waals surface area contributed by atoms with Gasteiger partial charge in [-0.1, -0.05) is 102 Å². The summed E-state index contributed by atoms with van der Waals surface area (Å²) in [5, 5.41) is 22.0. The van der Waals surface area contributed by atoms with Crippen LogP contribution in [0.15, 0.2) is 36.5 Å². The Labute approximate surface area is 271 Å². The SMILES string of the molecule is CCCCCCCCCCCCCCCC(=O)OC(CN1CCCN(c2ccccn2)CC1)Cn1c(O)c2c(c1O)CC=CC2. The van der Waals surface area contributed by atoms with Crippen molar-refractivity contribution in [1.29, 1.82) is 0 Å². The van der Waals surface area contributed by atoms with Crippen LogP contribution in [0.25, 0.3) is 0 Å². The fourth-order valence-electron chi connectivity index (χ4n) is 6.78. The maximum absolute atomic E-state index is 13.1. The lowest BCUT2D eigenvalue weighted by Crippen LogP contribution is -2.39. The lowest BCUT2D eigenvalue weighted by molar-refractivity contribution is -0.151. The van der Waals surface area contributed by atoms with Gasteiger partial charge in [-0.3, -0.25) is 14.3 Å². The van der Waals surface area contributed by atoms with E-state index in [1.807, 2.05) is 36.5 Å². The van der Waals surface area contributed by atoms with E-state index in [9.17, 15) is 15.0 Å². The Morgan fingerprint density at radius 2 is 1.42 bits per heavy atom. The van der Waals surface area contributed by atoms with Crippen molar-refractivity contribution in [2.75, 3.05) is 37.6 Å².